The van der Waals surface area contributed by atoms with Crippen molar-refractivity contribution in [3.63, 3.8) is 0 Å². The van der Waals surface area contributed by atoms with Crippen molar-refractivity contribution in [3.8, 4) is 0 Å². The number of halogens is 5. The highest BCUT2D eigenvalue weighted by atomic mass is 19.4. The van der Waals surface area contributed by atoms with Crippen LogP contribution in [0, 0.1) is 11.6 Å². The number of esters is 1. The van der Waals surface area contributed by atoms with Gasteiger partial charge in [-0.2, -0.15) is 13.2 Å². The van der Waals surface area contributed by atoms with E-state index in [-0.39, 0.29) is 0 Å². The van der Waals surface area contributed by atoms with Gasteiger partial charge in [0.25, 0.3) is 5.91 Å². The first-order valence-corrected chi connectivity index (χ1v) is 6.76. The van der Waals surface area contributed by atoms with E-state index in [2.05, 4.69) is 4.74 Å². The van der Waals surface area contributed by atoms with Gasteiger partial charge in [-0.1, -0.05) is 6.07 Å². The molecule has 0 aliphatic heterocycles. The Labute approximate surface area is 138 Å². The number of nitrogens with one attached hydrogen (secondary N) is 1. The normalized spacial score (nSPS) is 11.1. The fraction of sp³-hybridized carbons (Fsp3) is 0.125. The molecule has 0 saturated heterocycles. The van der Waals surface area contributed by atoms with Crippen LogP contribution in [-0.2, 0) is 15.7 Å². The Bertz CT molecular complexity index is 805. The molecule has 0 aliphatic rings. The minimum Gasteiger partial charge on any atom is -0.452 e. The first-order chi connectivity index (χ1) is 11.7. The average molecular weight is 359 g/mol. The number of alkyl halides is 3. The molecule has 9 heteroatoms. The summed E-state index contributed by atoms with van der Waals surface area (Å²) in [6, 6.07) is 5.81. The zero-order chi connectivity index (χ0) is 18.6. The molecular formula is C16H10F5NO3. The second kappa shape index (κ2) is 7.29. The molecular weight excluding hydrogens is 349 g/mol. The largest absolute Gasteiger partial charge is 0.452 e. The SMILES string of the molecule is O=C(COC(=O)c1cccc(C(F)(F)F)c1)Nc1cc(F)ccc1F. The lowest BCUT2D eigenvalue weighted by Crippen LogP contribution is -2.21. The molecule has 1 N–H and O–H groups in total. The van der Waals surface area contributed by atoms with E-state index in [9.17, 15) is 31.5 Å². The second-order valence-electron chi connectivity index (χ2n) is 4.83. The summed E-state index contributed by atoms with van der Waals surface area (Å²) in [6.07, 6.45) is -4.64. The van der Waals surface area contributed by atoms with Crippen molar-refractivity contribution < 1.29 is 36.3 Å². The van der Waals surface area contributed by atoms with Crippen LogP contribution < -0.4 is 5.32 Å². The maximum absolute atomic E-state index is 13.4. The highest BCUT2D eigenvalue weighted by Gasteiger charge is 2.31. The van der Waals surface area contributed by atoms with Crippen molar-refractivity contribution >= 4 is 17.6 Å². The van der Waals surface area contributed by atoms with Gasteiger partial charge >= 0.3 is 12.1 Å². The van der Waals surface area contributed by atoms with Gasteiger partial charge < -0.3 is 10.1 Å². The van der Waals surface area contributed by atoms with Gasteiger partial charge in [0, 0.05) is 6.07 Å². The predicted octanol–water partition coefficient (Wildman–Crippen LogP) is 3.78. The van der Waals surface area contributed by atoms with E-state index in [1.807, 2.05) is 5.32 Å². The number of hydrogen-bond acceptors (Lipinski definition) is 3. The van der Waals surface area contributed by atoms with Crippen LogP contribution in [-0.4, -0.2) is 18.5 Å². The molecule has 0 atom stereocenters. The molecule has 0 aliphatic carbocycles. The van der Waals surface area contributed by atoms with Gasteiger partial charge in [0.2, 0.25) is 0 Å². The topological polar surface area (TPSA) is 55.4 Å². The van der Waals surface area contributed by atoms with Gasteiger partial charge in [0.15, 0.2) is 6.61 Å². The Morgan fingerprint density at radius 3 is 2.44 bits per heavy atom. The summed E-state index contributed by atoms with van der Waals surface area (Å²) in [5.74, 6) is -3.84. The van der Waals surface area contributed by atoms with E-state index >= 15 is 0 Å². The van der Waals surface area contributed by atoms with E-state index in [0.717, 1.165) is 36.4 Å². The number of rotatable bonds is 4. The summed E-state index contributed by atoms with van der Waals surface area (Å²) in [4.78, 5) is 23.3. The minimum atomic E-state index is -4.64. The lowest BCUT2D eigenvalue weighted by atomic mass is 10.1. The van der Waals surface area contributed by atoms with Gasteiger partial charge in [-0.25, -0.2) is 13.6 Å². The number of anilines is 1. The number of carbonyl (C=O) groups excluding carboxylic acids is 2. The summed E-state index contributed by atoms with van der Waals surface area (Å²) < 4.78 is 68.6. The zero-order valence-electron chi connectivity index (χ0n) is 12.4. The molecule has 25 heavy (non-hydrogen) atoms. The van der Waals surface area contributed by atoms with Crippen LogP contribution in [0.2, 0.25) is 0 Å². The molecule has 0 saturated carbocycles. The summed E-state index contributed by atoms with van der Waals surface area (Å²) >= 11 is 0. The fourth-order valence-electron chi connectivity index (χ4n) is 1.82. The smallest absolute Gasteiger partial charge is 0.416 e. The Hall–Kier alpha value is -2.97. The van der Waals surface area contributed by atoms with E-state index in [4.69, 9.17) is 0 Å². The van der Waals surface area contributed by atoms with Crippen molar-refractivity contribution in [2.45, 2.75) is 6.18 Å². The lowest BCUT2D eigenvalue weighted by Gasteiger charge is -2.09. The van der Waals surface area contributed by atoms with Crippen LogP contribution in [0.4, 0.5) is 27.6 Å². The van der Waals surface area contributed by atoms with E-state index < -0.39 is 53.1 Å². The van der Waals surface area contributed by atoms with Gasteiger partial charge in [-0.05, 0) is 30.3 Å². The van der Waals surface area contributed by atoms with Crippen molar-refractivity contribution in [1.29, 1.82) is 0 Å². The number of carbonyl (C=O) groups is 2. The highest BCUT2D eigenvalue weighted by molar-refractivity contribution is 5.95. The van der Waals surface area contributed by atoms with Gasteiger partial charge in [0.1, 0.15) is 11.6 Å². The minimum absolute atomic E-state index is 0.403. The van der Waals surface area contributed by atoms with Crippen LogP contribution in [0.5, 0.6) is 0 Å². The Morgan fingerprint density at radius 1 is 1.04 bits per heavy atom. The standard InChI is InChI=1S/C16H10F5NO3/c17-11-4-5-12(18)13(7-11)22-14(23)8-25-15(24)9-2-1-3-10(6-9)16(19,20)21/h1-7H,8H2,(H,22,23). The van der Waals surface area contributed by atoms with Crippen molar-refractivity contribution in [3.05, 3.63) is 65.2 Å². The molecule has 0 spiro atoms. The first-order valence-electron chi connectivity index (χ1n) is 6.76. The average Bonchev–Trinajstić information content (AvgIpc) is 2.55. The molecule has 2 aromatic rings. The van der Waals surface area contributed by atoms with Crippen LogP contribution in [0.3, 0.4) is 0 Å². The summed E-state index contributed by atoms with van der Waals surface area (Å²) in [7, 11) is 0. The molecule has 0 unspecified atom stereocenters. The summed E-state index contributed by atoms with van der Waals surface area (Å²) in [6.45, 7) is -0.884. The molecule has 4 nitrogen and oxygen atoms in total. The first kappa shape index (κ1) is 18.4. The zero-order valence-corrected chi connectivity index (χ0v) is 12.4. The maximum atomic E-state index is 13.4. The number of hydrogen-bond donors (Lipinski definition) is 1. The third-order valence-electron chi connectivity index (χ3n) is 2.96. The fourth-order valence-corrected chi connectivity index (χ4v) is 1.82. The number of ether oxygens (including phenoxy) is 1. The van der Waals surface area contributed by atoms with Crippen LogP contribution in [0.25, 0.3) is 0 Å². The van der Waals surface area contributed by atoms with E-state index in [1.165, 1.54) is 0 Å². The van der Waals surface area contributed by atoms with Crippen molar-refractivity contribution in [2.24, 2.45) is 0 Å². The molecule has 2 rings (SSSR count). The van der Waals surface area contributed by atoms with Crippen LogP contribution in [0.1, 0.15) is 15.9 Å². The predicted molar refractivity (Wildman–Crippen MR) is 76.7 cm³/mol. The van der Waals surface area contributed by atoms with E-state index in [0.29, 0.717) is 6.07 Å². The number of benzene rings is 2. The molecule has 0 heterocycles. The Morgan fingerprint density at radius 2 is 1.76 bits per heavy atom. The Kier molecular flexibility index (Phi) is 5.35. The third kappa shape index (κ3) is 5.00. The molecule has 0 fully saturated rings. The van der Waals surface area contributed by atoms with Crippen LogP contribution >= 0.6 is 0 Å². The highest BCUT2D eigenvalue weighted by Crippen LogP contribution is 2.29. The number of amides is 1. The second-order valence-corrected chi connectivity index (χ2v) is 4.83. The van der Waals surface area contributed by atoms with Gasteiger partial charge in [-0.15, -0.1) is 0 Å². The van der Waals surface area contributed by atoms with Crippen molar-refractivity contribution in [1.82, 2.24) is 0 Å². The van der Waals surface area contributed by atoms with Gasteiger partial charge in [0.05, 0.1) is 16.8 Å². The summed E-state index contributed by atoms with van der Waals surface area (Å²) in [5, 5.41) is 1.98. The third-order valence-corrected chi connectivity index (χ3v) is 2.96. The quantitative estimate of drug-likeness (QED) is 0.668. The van der Waals surface area contributed by atoms with Crippen LogP contribution in [0.15, 0.2) is 42.5 Å². The maximum Gasteiger partial charge on any atom is 0.416 e. The molecule has 0 radical (unpaired) electrons. The molecule has 1 amide bonds. The lowest BCUT2D eigenvalue weighted by molar-refractivity contribution is -0.137. The molecule has 0 aromatic heterocycles. The molecule has 2 aromatic carbocycles. The van der Waals surface area contributed by atoms with Crippen molar-refractivity contribution in [2.75, 3.05) is 11.9 Å². The Balaban J connectivity index is 1.98. The summed E-state index contributed by atoms with van der Waals surface area (Å²) in [5.41, 5.74) is -1.91. The molecule has 0 bridgehead atoms. The monoisotopic (exact) mass is 359 g/mol. The molecule has 132 valence electrons. The van der Waals surface area contributed by atoms with Gasteiger partial charge in [-0.3, -0.25) is 4.79 Å². The van der Waals surface area contributed by atoms with E-state index in [1.54, 1.807) is 0 Å².